The molecule has 7 heteroatoms. The average Bonchev–Trinajstić information content (AvgIpc) is 2.52. The zero-order valence-electron chi connectivity index (χ0n) is 8.58. The third-order valence-corrected chi connectivity index (χ3v) is 3.70. The van der Waals surface area contributed by atoms with Crippen LogP contribution in [0.5, 0.6) is 0 Å². The number of nitriles is 1. The third-order valence-electron chi connectivity index (χ3n) is 2.23. The average molecular weight is 252 g/mol. The minimum atomic E-state index is -3.63. The molecule has 88 valence electrons. The molecule has 17 heavy (non-hydrogen) atoms. The van der Waals surface area contributed by atoms with Crippen molar-refractivity contribution in [2.24, 2.45) is 0 Å². The van der Waals surface area contributed by atoms with Crippen molar-refractivity contribution in [3.63, 3.8) is 0 Å². The molecule has 1 aliphatic rings. The minimum absolute atomic E-state index is 0.0924. The molecule has 0 amide bonds. The molecule has 1 aliphatic heterocycles. The van der Waals surface area contributed by atoms with E-state index in [0.717, 1.165) is 0 Å². The first-order chi connectivity index (χ1) is 8.04. The molecule has 1 aromatic carbocycles. The van der Waals surface area contributed by atoms with Gasteiger partial charge in [0.1, 0.15) is 6.42 Å². The molecule has 0 spiro atoms. The molecular weight excluding hydrogens is 244 g/mol. The van der Waals surface area contributed by atoms with Crippen molar-refractivity contribution in [1.29, 1.82) is 5.26 Å². The molecule has 6 nitrogen and oxygen atoms in total. The van der Waals surface area contributed by atoms with Crippen LogP contribution in [0.3, 0.4) is 0 Å². The number of rotatable bonds is 2. The number of carbonyl (C=O) groups is 1. The van der Waals surface area contributed by atoms with Crippen LogP contribution in [0, 0.1) is 11.3 Å². The van der Waals surface area contributed by atoms with Crippen LogP contribution < -0.4 is 4.72 Å². The van der Waals surface area contributed by atoms with E-state index < -0.39 is 28.6 Å². The largest absolute Gasteiger partial charge is 0.440 e. The van der Waals surface area contributed by atoms with Crippen molar-refractivity contribution in [2.75, 3.05) is 0 Å². The maximum Gasteiger partial charge on any atom is 0.322 e. The summed E-state index contributed by atoms with van der Waals surface area (Å²) < 4.78 is 30.3. The van der Waals surface area contributed by atoms with Gasteiger partial charge in [0.05, 0.1) is 11.0 Å². The van der Waals surface area contributed by atoms with Gasteiger partial charge in [0, 0.05) is 5.56 Å². The third kappa shape index (κ3) is 2.13. The van der Waals surface area contributed by atoms with Crippen LogP contribution >= 0.6 is 0 Å². The summed E-state index contributed by atoms with van der Waals surface area (Å²) in [4.78, 5) is 11.2. The molecule has 0 fully saturated rings. The Labute approximate surface area is 97.9 Å². The van der Waals surface area contributed by atoms with Crippen molar-refractivity contribution < 1.29 is 17.9 Å². The van der Waals surface area contributed by atoms with Crippen LogP contribution in [0.1, 0.15) is 18.2 Å². The van der Waals surface area contributed by atoms with E-state index in [1.54, 1.807) is 24.3 Å². The highest BCUT2D eigenvalue weighted by Crippen LogP contribution is 2.31. The van der Waals surface area contributed by atoms with Crippen molar-refractivity contribution in [2.45, 2.75) is 17.5 Å². The second-order valence-corrected chi connectivity index (χ2v) is 5.05. The molecule has 1 aromatic rings. The molecule has 0 aliphatic carbocycles. The number of ether oxygens (including phenoxy) is 1. The van der Waals surface area contributed by atoms with Gasteiger partial charge >= 0.3 is 5.97 Å². The van der Waals surface area contributed by atoms with Crippen LogP contribution in [0.15, 0.2) is 29.2 Å². The smallest absolute Gasteiger partial charge is 0.322 e. The van der Waals surface area contributed by atoms with Crippen LogP contribution in [-0.2, 0) is 19.6 Å². The molecule has 2 rings (SSSR count). The summed E-state index contributed by atoms with van der Waals surface area (Å²) in [5.41, 5.74) is 0.374. The van der Waals surface area contributed by atoms with Gasteiger partial charge < -0.3 is 4.74 Å². The van der Waals surface area contributed by atoms with Gasteiger partial charge in [0.15, 0.2) is 6.23 Å². The van der Waals surface area contributed by atoms with Gasteiger partial charge in [0.2, 0.25) is 10.0 Å². The van der Waals surface area contributed by atoms with Gasteiger partial charge in [-0.1, -0.05) is 18.2 Å². The standard InChI is InChI=1S/C10H8N2O4S/c11-6-5-9(13)16-10-7-3-1-2-4-8(7)17(14,15)12-10/h1-4,10,12H,5H2. The van der Waals surface area contributed by atoms with Crippen molar-refractivity contribution >= 4 is 16.0 Å². The number of hydrogen-bond acceptors (Lipinski definition) is 5. The molecule has 0 radical (unpaired) electrons. The van der Waals surface area contributed by atoms with Crippen molar-refractivity contribution in [3.8, 4) is 6.07 Å². The Morgan fingerprint density at radius 2 is 2.18 bits per heavy atom. The summed E-state index contributed by atoms with van der Waals surface area (Å²) in [5, 5.41) is 8.32. The lowest BCUT2D eigenvalue weighted by Crippen LogP contribution is -2.24. The molecule has 0 aromatic heterocycles. The van der Waals surface area contributed by atoms with E-state index in [4.69, 9.17) is 10.00 Å². The lowest BCUT2D eigenvalue weighted by molar-refractivity contribution is -0.148. The first kappa shape index (κ1) is 11.6. The Balaban J connectivity index is 2.30. The Morgan fingerprint density at radius 1 is 1.47 bits per heavy atom. The number of nitrogens with zero attached hydrogens (tertiary/aromatic N) is 1. The summed E-state index contributed by atoms with van der Waals surface area (Å²) in [7, 11) is -3.63. The lowest BCUT2D eigenvalue weighted by atomic mass is 10.2. The Morgan fingerprint density at radius 3 is 2.88 bits per heavy atom. The molecule has 0 bridgehead atoms. The molecule has 1 atom stereocenters. The Hall–Kier alpha value is -1.91. The number of carbonyl (C=O) groups excluding carboxylic acids is 1. The van der Waals surface area contributed by atoms with Crippen LogP contribution in [0.2, 0.25) is 0 Å². The molecule has 0 saturated heterocycles. The molecule has 1 heterocycles. The van der Waals surface area contributed by atoms with Gasteiger partial charge in [-0.3, -0.25) is 4.79 Å². The first-order valence-electron chi connectivity index (χ1n) is 4.72. The number of fused-ring (bicyclic) bond motifs is 1. The zero-order chi connectivity index (χ0) is 12.5. The second kappa shape index (κ2) is 4.16. The summed E-state index contributed by atoms with van der Waals surface area (Å²) in [5.74, 6) is -0.767. The highest BCUT2D eigenvalue weighted by molar-refractivity contribution is 7.89. The molecular formula is C10H8N2O4S. The fourth-order valence-electron chi connectivity index (χ4n) is 1.53. The van der Waals surface area contributed by atoms with Crippen LogP contribution in [-0.4, -0.2) is 14.4 Å². The predicted octanol–water partition coefficient (Wildman–Crippen LogP) is 0.434. The summed E-state index contributed by atoms with van der Waals surface area (Å²) in [6.45, 7) is 0. The van der Waals surface area contributed by atoms with E-state index in [2.05, 4.69) is 4.72 Å². The van der Waals surface area contributed by atoms with Gasteiger partial charge in [-0.15, -0.1) is 0 Å². The minimum Gasteiger partial charge on any atom is -0.440 e. The highest BCUT2D eigenvalue weighted by atomic mass is 32.2. The molecule has 1 N–H and O–H groups in total. The number of esters is 1. The fourth-order valence-corrected chi connectivity index (χ4v) is 2.86. The van der Waals surface area contributed by atoms with Crippen molar-refractivity contribution in [1.82, 2.24) is 4.72 Å². The summed E-state index contributed by atoms with van der Waals surface area (Å²) in [6.07, 6.45) is -1.46. The van der Waals surface area contributed by atoms with Gasteiger partial charge in [-0.25, -0.2) is 8.42 Å². The Bertz CT molecular complexity index is 603. The normalized spacial score (nSPS) is 20.3. The summed E-state index contributed by atoms with van der Waals surface area (Å²) >= 11 is 0. The van der Waals surface area contributed by atoms with Crippen LogP contribution in [0.4, 0.5) is 0 Å². The second-order valence-electron chi connectivity index (χ2n) is 3.36. The topological polar surface area (TPSA) is 96.3 Å². The maximum atomic E-state index is 11.6. The van der Waals surface area contributed by atoms with E-state index >= 15 is 0 Å². The summed E-state index contributed by atoms with van der Waals surface area (Å²) in [6, 6.07) is 7.84. The fraction of sp³-hybridized carbons (Fsp3) is 0.200. The van der Waals surface area contributed by atoms with E-state index in [0.29, 0.717) is 5.56 Å². The number of sulfonamides is 1. The number of nitrogens with one attached hydrogen (secondary N) is 1. The van der Waals surface area contributed by atoms with Gasteiger partial charge in [-0.05, 0) is 6.07 Å². The van der Waals surface area contributed by atoms with E-state index in [1.165, 1.54) is 6.07 Å². The Kier molecular flexibility index (Phi) is 2.83. The quantitative estimate of drug-likeness (QED) is 0.770. The van der Waals surface area contributed by atoms with E-state index in [9.17, 15) is 13.2 Å². The molecule has 1 unspecified atom stereocenters. The zero-order valence-corrected chi connectivity index (χ0v) is 9.40. The maximum absolute atomic E-state index is 11.6. The number of benzene rings is 1. The van der Waals surface area contributed by atoms with Crippen LogP contribution in [0.25, 0.3) is 0 Å². The highest BCUT2D eigenvalue weighted by Gasteiger charge is 2.35. The SMILES string of the molecule is N#CCC(=O)OC1NS(=O)(=O)c2ccccc21. The van der Waals surface area contributed by atoms with Gasteiger partial charge in [0.25, 0.3) is 0 Å². The van der Waals surface area contributed by atoms with E-state index in [1.807, 2.05) is 0 Å². The van der Waals surface area contributed by atoms with Crippen molar-refractivity contribution in [3.05, 3.63) is 29.8 Å². The van der Waals surface area contributed by atoms with E-state index in [-0.39, 0.29) is 4.90 Å². The first-order valence-corrected chi connectivity index (χ1v) is 6.20. The monoisotopic (exact) mass is 252 g/mol. The number of hydrogen-bond donors (Lipinski definition) is 1. The van der Waals surface area contributed by atoms with Gasteiger partial charge in [-0.2, -0.15) is 9.98 Å². The lowest BCUT2D eigenvalue weighted by Gasteiger charge is -2.10. The predicted molar refractivity (Wildman–Crippen MR) is 55.8 cm³/mol. The molecule has 0 saturated carbocycles.